The van der Waals surface area contributed by atoms with Gasteiger partial charge in [0.2, 0.25) is 5.91 Å². The zero-order valence-electron chi connectivity index (χ0n) is 20.7. The fraction of sp³-hybridized carbons (Fsp3) is 0.692. The average Bonchev–Trinajstić information content (AvgIpc) is 3.29. The highest BCUT2D eigenvalue weighted by atomic mass is 19.4. The number of carbonyl (C=O) groups excluding carboxylic acids is 1. The van der Waals surface area contributed by atoms with Gasteiger partial charge in [-0.15, -0.1) is 0 Å². The summed E-state index contributed by atoms with van der Waals surface area (Å²) >= 11 is 0. The standard InChI is InChI=1S/C26H36F3N3O3/c1-17(2)25(9-4-20(15-25)31-21-8-13-35-16-23(21)34-3)24(33)32-11-6-18(7-12-32)22-14-19(5-10-30-22)26(27,28)29/h5-6,10,14,17,20-21,23,31H,4,7-9,11-13,15-16H2,1-3H3/t20-,21?,23?,25?/m1/s1. The summed E-state index contributed by atoms with van der Waals surface area (Å²) in [6.07, 6.45) is 2.58. The minimum absolute atomic E-state index is 0.0172. The number of alkyl halides is 3. The molecule has 3 unspecified atom stereocenters. The molecule has 2 fully saturated rings. The van der Waals surface area contributed by atoms with Gasteiger partial charge in [-0.3, -0.25) is 9.78 Å². The Hall–Kier alpha value is -1.97. The topological polar surface area (TPSA) is 63.7 Å². The number of nitrogens with zero attached hydrogens (tertiary/aromatic N) is 2. The van der Waals surface area contributed by atoms with E-state index in [0.717, 1.165) is 43.4 Å². The Morgan fingerprint density at radius 2 is 2.14 bits per heavy atom. The first kappa shape index (κ1) is 26.1. The second-order valence-corrected chi connectivity index (χ2v) is 10.3. The van der Waals surface area contributed by atoms with Gasteiger partial charge in [0, 0.05) is 45.1 Å². The number of methoxy groups -OCH3 is 1. The lowest BCUT2D eigenvalue weighted by Crippen LogP contribution is -2.52. The van der Waals surface area contributed by atoms with Gasteiger partial charge < -0.3 is 19.7 Å². The highest BCUT2D eigenvalue weighted by Gasteiger charge is 2.50. The number of pyridine rings is 1. The zero-order valence-corrected chi connectivity index (χ0v) is 20.7. The van der Waals surface area contributed by atoms with E-state index in [1.807, 2.05) is 11.0 Å². The van der Waals surface area contributed by atoms with Crippen molar-refractivity contribution < 1.29 is 27.4 Å². The molecule has 1 aromatic heterocycles. The summed E-state index contributed by atoms with van der Waals surface area (Å²) in [5.41, 5.74) is -0.0504. The third-order valence-electron chi connectivity index (χ3n) is 8.05. The van der Waals surface area contributed by atoms with Crippen molar-refractivity contribution in [2.45, 2.75) is 70.3 Å². The van der Waals surface area contributed by atoms with Crippen LogP contribution in [0.1, 0.15) is 57.2 Å². The minimum Gasteiger partial charge on any atom is -0.379 e. The molecule has 0 aromatic carbocycles. The molecule has 3 aliphatic rings. The number of rotatable bonds is 6. The van der Waals surface area contributed by atoms with Crippen molar-refractivity contribution >= 4 is 11.5 Å². The lowest BCUT2D eigenvalue weighted by atomic mass is 9.74. The number of halogens is 3. The Balaban J connectivity index is 1.43. The molecule has 4 rings (SSSR count). The Labute approximate surface area is 205 Å². The molecule has 35 heavy (non-hydrogen) atoms. The lowest BCUT2D eigenvalue weighted by Gasteiger charge is -2.39. The van der Waals surface area contributed by atoms with Gasteiger partial charge >= 0.3 is 6.18 Å². The fourth-order valence-corrected chi connectivity index (χ4v) is 5.80. The summed E-state index contributed by atoms with van der Waals surface area (Å²) in [5.74, 6) is 0.338. The van der Waals surface area contributed by atoms with Crippen molar-refractivity contribution in [3.05, 3.63) is 35.7 Å². The maximum Gasteiger partial charge on any atom is 0.416 e. The van der Waals surface area contributed by atoms with Gasteiger partial charge in [-0.25, -0.2) is 0 Å². The molecule has 1 amide bonds. The second-order valence-electron chi connectivity index (χ2n) is 10.3. The van der Waals surface area contributed by atoms with E-state index in [1.165, 1.54) is 6.20 Å². The monoisotopic (exact) mass is 495 g/mol. The normalized spacial score (nSPS) is 30.0. The molecule has 1 aliphatic carbocycles. The van der Waals surface area contributed by atoms with Crippen molar-refractivity contribution in [3.63, 3.8) is 0 Å². The van der Waals surface area contributed by atoms with E-state index in [4.69, 9.17) is 9.47 Å². The van der Waals surface area contributed by atoms with Gasteiger partial charge in [-0.05, 0) is 55.7 Å². The third-order valence-corrected chi connectivity index (χ3v) is 8.05. The second kappa shape index (κ2) is 10.6. The number of aromatic nitrogens is 1. The summed E-state index contributed by atoms with van der Waals surface area (Å²) in [6.45, 7) is 6.40. The maximum absolute atomic E-state index is 13.8. The molecule has 2 aliphatic heterocycles. The van der Waals surface area contributed by atoms with Crippen LogP contribution in [0.15, 0.2) is 24.4 Å². The van der Waals surface area contributed by atoms with E-state index < -0.39 is 17.2 Å². The van der Waals surface area contributed by atoms with E-state index in [2.05, 4.69) is 24.1 Å². The maximum atomic E-state index is 13.8. The molecule has 9 heteroatoms. The summed E-state index contributed by atoms with van der Waals surface area (Å²) in [7, 11) is 1.71. The van der Waals surface area contributed by atoms with Gasteiger partial charge in [-0.1, -0.05) is 19.9 Å². The summed E-state index contributed by atoms with van der Waals surface area (Å²) in [5, 5.41) is 3.74. The Morgan fingerprint density at radius 1 is 1.34 bits per heavy atom. The molecule has 6 nitrogen and oxygen atoms in total. The first-order valence-electron chi connectivity index (χ1n) is 12.5. The highest BCUT2D eigenvalue weighted by Crippen LogP contribution is 2.46. The number of ether oxygens (including phenoxy) is 2. The largest absolute Gasteiger partial charge is 0.416 e. The van der Waals surface area contributed by atoms with Crippen LogP contribution in [0.25, 0.3) is 5.57 Å². The Kier molecular flexibility index (Phi) is 7.88. The van der Waals surface area contributed by atoms with E-state index >= 15 is 0 Å². The summed E-state index contributed by atoms with van der Waals surface area (Å²) < 4.78 is 50.4. The first-order chi connectivity index (χ1) is 16.6. The Bertz CT molecular complexity index is 936. The summed E-state index contributed by atoms with van der Waals surface area (Å²) in [4.78, 5) is 19.8. The number of hydrogen-bond donors (Lipinski definition) is 1. The first-order valence-corrected chi connectivity index (χ1v) is 12.5. The van der Waals surface area contributed by atoms with Crippen LogP contribution in [0, 0.1) is 11.3 Å². The predicted octanol–water partition coefficient (Wildman–Crippen LogP) is 4.30. The molecule has 0 bridgehead atoms. The van der Waals surface area contributed by atoms with Crippen molar-refractivity contribution in [1.82, 2.24) is 15.2 Å². The molecule has 1 saturated heterocycles. The number of amides is 1. The van der Waals surface area contributed by atoms with Gasteiger partial charge in [0.15, 0.2) is 0 Å². The Morgan fingerprint density at radius 3 is 2.80 bits per heavy atom. The fourth-order valence-electron chi connectivity index (χ4n) is 5.80. The van der Waals surface area contributed by atoms with E-state index in [0.29, 0.717) is 38.4 Å². The predicted molar refractivity (Wildman–Crippen MR) is 126 cm³/mol. The van der Waals surface area contributed by atoms with Crippen molar-refractivity contribution in [3.8, 4) is 0 Å². The molecule has 1 N–H and O–H groups in total. The van der Waals surface area contributed by atoms with Crippen LogP contribution in [-0.2, 0) is 20.4 Å². The molecule has 1 aromatic rings. The molecule has 194 valence electrons. The molecule has 0 radical (unpaired) electrons. The van der Waals surface area contributed by atoms with Crippen LogP contribution >= 0.6 is 0 Å². The van der Waals surface area contributed by atoms with Crippen LogP contribution < -0.4 is 5.32 Å². The van der Waals surface area contributed by atoms with Crippen molar-refractivity contribution in [1.29, 1.82) is 0 Å². The molecule has 1 saturated carbocycles. The average molecular weight is 496 g/mol. The number of nitrogens with one attached hydrogen (secondary N) is 1. The van der Waals surface area contributed by atoms with E-state index in [-0.39, 0.29) is 30.0 Å². The van der Waals surface area contributed by atoms with E-state index in [1.54, 1.807) is 7.11 Å². The molecule has 0 spiro atoms. The van der Waals surface area contributed by atoms with Crippen molar-refractivity contribution in [2.24, 2.45) is 11.3 Å². The van der Waals surface area contributed by atoms with E-state index in [9.17, 15) is 18.0 Å². The highest BCUT2D eigenvalue weighted by molar-refractivity contribution is 5.84. The minimum atomic E-state index is -4.40. The number of hydrogen-bond acceptors (Lipinski definition) is 5. The smallest absolute Gasteiger partial charge is 0.379 e. The van der Waals surface area contributed by atoms with Crippen LogP contribution in [0.2, 0.25) is 0 Å². The van der Waals surface area contributed by atoms with Gasteiger partial charge in [0.05, 0.1) is 29.4 Å². The molecule has 4 atom stereocenters. The van der Waals surface area contributed by atoms with Crippen molar-refractivity contribution in [2.75, 3.05) is 33.4 Å². The van der Waals surface area contributed by atoms with Crippen LogP contribution in [0.4, 0.5) is 13.2 Å². The SMILES string of the molecule is COC1COCCC1N[C@@H]1CCC(C(=O)N2CC=C(c3cc(C(F)(F)F)ccn3)CC2)(C(C)C)C1. The van der Waals surface area contributed by atoms with Gasteiger partial charge in [0.25, 0.3) is 0 Å². The molecular weight excluding hydrogens is 459 g/mol. The van der Waals surface area contributed by atoms with Crippen LogP contribution in [0.3, 0.4) is 0 Å². The molecule has 3 heterocycles. The van der Waals surface area contributed by atoms with Crippen LogP contribution in [0.5, 0.6) is 0 Å². The summed E-state index contributed by atoms with van der Waals surface area (Å²) in [6, 6.07) is 2.54. The van der Waals surface area contributed by atoms with Crippen LogP contribution in [-0.4, -0.2) is 67.4 Å². The van der Waals surface area contributed by atoms with Gasteiger partial charge in [0.1, 0.15) is 0 Å². The third kappa shape index (κ3) is 5.57. The number of carbonyl (C=O) groups is 1. The lowest BCUT2D eigenvalue weighted by molar-refractivity contribution is -0.144. The molecular formula is C26H36F3N3O3. The quantitative estimate of drug-likeness (QED) is 0.638. The van der Waals surface area contributed by atoms with Gasteiger partial charge in [-0.2, -0.15) is 13.2 Å². The zero-order chi connectivity index (χ0) is 25.2.